The number of nitrogens with zero attached hydrogens (tertiary/aromatic N) is 4. The molecule has 1 aliphatic rings. The van der Waals surface area contributed by atoms with Crippen molar-refractivity contribution in [3.05, 3.63) is 75.6 Å². The lowest BCUT2D eigenvalue weighted by atomic mass is 10.0. The van der Waals surface area contributed by atoms with Gasteiger partial charge in [0.1, 0.15) is 21.0 Å². The summed E-state index contributed by atoms with van der Waals surface area (Å²) in [6.45, 7) is 3.97. The van der Waals surface area contributed by atoms with Crippen molar-refractivity contribution in [1.29, 1.82) is 0 Å². The van der Waals surface area contributed by atoms with Crippen LogP contribution in [-0.2, 0) is 6.18 Å². The fourth-order valence-electron chi connectivity index (χ4n) is 4.96. The number of benzene rings is 1. The van der Waals surface area contributed by atoms with Gasteiger partial charge < -0.3 is 11.1 Å². The third kappa shape index (κ3) is 5.19. The molecule has 1 saturated carbocycles. The summed E-state index contributed by atoms with van der Waals surface area (Å²) in [4.78, 5) is 34.3. The number of hydrogen-bond acceptors (Lipinski definition) is 6. The minimum absolute atomic E-state index is 0.0248. The Morgan fingerprint density at radius 2 is 1.79 bits per heavy atom. The average Bonchev–Trinajstić information content (AvgIpc) is 3.61. The number of carbonyl (C=O) groups excluding carboxylic acids is 2. The Morgan fingerprint density at radius 3 is 2.37 bits per heavy atom. The molecular formula is C29H23F5N6O2S. The van der Waals surface area contributed by atoms with Gasteiger partial charge in [-0.25, -0.2) is 23.3 Å². The number of alkyl halides is 5. The molecule has 0 bridgehead atoms. The van der Waals surface area contributed by atoms with Crippen LogP contribution in [0.1, 0.15) is 87.5 Å². The summed E-state index contributed by atoms with van der Waals surface area (Å²) in [6.07, 6.45) is -5.30. The quantitative estimate of drug-likeness (QED) is 0.187. The summed E-state index contributed by atoms with van der Waals surface area (Å²) in [6, 6.07) is 9.00. The first-order chi connectivity index (χ1) is 20.3. The van der Waals surface area contributed by atoms with E-state index < -0.39 is 35.8 Å². The van der Waals surface area contributed by atoms with Gasteiger partial charge in [-0.2, -0.15) is 18.3 Å². The number of amides is 2. The third-order valence-electron chi connectivity index (χ3n) is 7.30. The molecule has 1 aliphatic carbocycles. The van der Waals surface area contributed by atoms with Crippen LogP contribution in [0.15, 0.2) is 42.6 Å². The number of nitrogens with one attached hydrogen (secondary N) is 1. The van der Waals surface area contributed by atoms with Crippen LogP contribution in [0.3, 0.4) is 0 Å². The van der Waals surface area contributed by atoms with E-state index in [9.17, 15) is 31.5 Å². The number of anilines is 1. The van der Waals surface area contributed by atoms with Crippen LogP contribution in [0.2, 0.25) is 0 Å². The van der Waals surface area contributed by atoms with E-state index in [2.05, 4.69) is 20.4 Å². The Hall–Kier alpha value is -4.46. The van der Waals surface area contributed by atoms with Gasteiger partial charge in [0.15, 0.2) is 11.3 Å². The van der Waals surface area contributed by atoms with Gasteiger partial charge in [0, 0.05) is 10.9 Å². The van der Waals surface area contributed by atoms with Crippen molar-refractivity contribution in [3.8, 4) is 11.3 Å². The van der Waals surface area contributed by atoms with Gasteiger partial charge in [-0.05, 0) is 47.9 Å². The van der Waals surface area contributed by atoms with E-state index in [1.54, 1.807) is 24.3 Å². The van der Waals surface area contributed by atoms with Gasteiger partial charge in [-0.3, -0.25) is 9.59 Å². The van der Waals surface area contributed by atoms with Crippen molar-refractivity contribution in [1.82, 2.24) is 19.6 Å². The maximum atomic E-state index is 14.1. The second kappa shape index (κ2) is 10.4. The Bertz CT molecular complexity index is 1910. The van der Waals surface area contributed by atoms with Crippen LogP contribution < -0.4 is 11.1 Å². The lowest BCUT2D eigenvalue weighted by molar-refractivity contribution is -0.142. The van der Waals surface area contributed by atoms with Gasteiger partial charge in [-0.15, -0.1) is 11.3 Å². The van der Waals surface area contributed by atoms with Crippen LogP contribution in [0.5, 0.6) is 0 Å². The van der Waals surface area contributed by atoms with Gasteiger partial charge in [0.05, 0.1) is 17.6 Å². The number of fused-ring (bicyclic) bond motifs is 2. The second-order valence-electron chi connectivity index (χ2n) is 10.6. The number of halogens is 5. The topological polar surface area (TPSA) is 115 Å². The zero-order valence-corrected chi connectivity index (χ0v) is 23.5. The van der Waals surface area contributed by atoms with Gasteiger partial charge in [0.25, 0.3) is 18.2 Å². The highest BCUT2D eigenvalue weighted by Gasteiger charge is 2.37. The maximum Gasteiger partial charge on any atom is 0.433 e. The van der Waals surface area contributed by atoms with Crippen molar-refractivity contribution in [2.75, 3.05) is 5.32 Å². The molecule has 0 radical (unpaired) electrons. The first-order valence-electron chi connectivity index (χ1n) is 13.3. The van der Waals surface area contributed by atoms with E-state index in [1.807, 2.05) is 13.8 Å². The molecular weight excluding hydrogens is 591 g/mol. The molecule has 4 aromatic heterocycles. The Morgan fingerprint density at radius 1 is 1.09 bits per heavy atom. The standard InChI is InChI=1S/C29H23F5N6O2S/c1-12(2)13-3-7-15(8-4-13)18-10-20(29(32,33)34)40-26(37-18)17(11-36-40)27(42)39-22-21-16(14-5-6-14)9-19(24(30)31)38-28(21)43-23(22)25(35)41/h3-4,7-12,14,24H,5-6H2,1-2H3,(H2,35,41)(H,39,42). The zero-order chi connectivity index (χ0) is 30.8. The van der Waals surface area contributed by atoms with Crippen LogP contribution in [0.4, 0.5) is 27.6 Å². The summed E-state index contributed by atoms with van der Waals surface area (Å²) >= 11 is 0.755. The van der Waals surface area contributed by atoms with Gasteiger partial charge >= 0.3 is 6.18 Å². The first-order valence-corrected chi connectivity index (χ1v) is 14.1. The number of pyridine rings is 1. The molecule has 0 unspecified atom stereocenters. The fraction of sp³-hybridized carbons (Fsp3) is 0.276. The number of rotatable bonds is 7. The van der Waals surface area contributed by atoms with E-state index in [4.69, 9.17) is 5.73 Å². The predicted molar refractivity (Wildman–Crippen MR) is 151 cm³/mol. The zero-order valence-electron chi connectivity index (χ0n) is 22.7. The normalized spacial score (nSPS) is 13.9. The van der Waals surface area contributed by atoms with Gasteiger partial charge in [-0.1, -0.05) is 38.1 Å². The van der Waals surface area contributed by atoms with Crippen LogP contribution in [0.25, 0.3) is 27.1 Å². The molecule has 3 N–H and O–H groups in total. The molecule has 43 heavy (non-hydrogen) atoms. The molecule has 1 fully saturated rings. The lowest BCUT2D eigenvalue weighted by Gasteiger charge is -2.13. The maximum absolute atomic E-state index is 14.1. The minimum atomic E-state index is -4.83. The van der Waals surface area contributed by atoms with Crippen molar-refractivity contribution in [2.24, 2.45) is 5.73 Å². The lowest BCUT2D eigenvalue weighted by Crippen LogP contribution is -2.18. The van der Waals surface area contributed by atoms with Crippen molar-refractivity contribution < 1.29 is 31.5 Å². The Balaban J connectivity index is 1.48. The van der Waals surface area contributed by atoms with E-state index in [0.29, 0.717) is 21.0 Å². The molecule has 6 rings (SSSR count). The molecule has 1 aromatic carbocycles. The van der Waals surface area contributed by atoms with Crippen molar-refractivity contribution in [2.45, 2.75) is 51.1 Å². The van der Waals surface area contributed by atoms with Crippen molar-refractivity contribution >= 4 is 44.7 Å². The molecule has 0 aliphatic heterocycles. The van der Waals surface area contributed by atoms with E-state index >= 15 is 0 Å². The van der Waals surface area contributed by atoms with E-state index in [1.165, 1.54) is 6.07 Å². The summed E-state index contributed by atoms with van der Waals surface area (Å²) in [7, 11) is 0. The molecule has 222 valence electrons. The van der Waals surface area contributed by atoms with Crippen LogP contribution >= 0.6 is 11.3 Å². The number of hydrogen-bond donors (Lipinski definition) is 2. The SMILES string of the molecule is CC(C)c1ccc(-c2cc(C(F)(F)F)n3ncc(C(=O)Nc4c(C(N)=O)sc5nc(C(F)F)cc(C6CC6)c45)c3n2)cc1. The summed E-state index contributed by atoms with van der Waals surface area (Å²) in [5, 5.41) is 6.69. The Kier molecular flexibility index (Phi) is 6.91. The average molecular weight is 615 g/mol. The minimum Gasteiger partial charge on any atom is -0.365 e. The van der Waals surface area contributed by atoms with E-state index in [0.717, 1.165) is 42.0 Å². The third-order valence-corrected chi connectivity index (χ3v) is 8.39. The monoisotopic (exact) mass is 614 g/mol. The van der Waals surface area contributed by atoms with Crippen LogP contribution in [-0.4, -0.2) is 31.4 Å². The van der Waals surface area contributed by atoms with Crippen molar-refractivity contribution in [3.63, 3.8) is 0 Å². The molecule has 0 atom stereocenters. The number of thiophene rings is 1. The van der Waals surface area contributed by atoms with Crippen LogP contribution in [0, 0.1) is 0 Å². The summed E-state index contributed by atoms with van der Waals surface area (Å²) in [5.41, 5.74) is 5.12. The molecule has 0 spiro atoms. The number of carbonyl (C=O) groups is 2. The molecule has 14 heteroatoms. The molecule has 8 nitrogen and oxygen atoms in total. The first kappa shape index (κ1) is 28.6. The number of primary amides is 1. The highest BCUT2D eigenvalue weighted by Crippen LogP contribution is 2.48. The van der Waals surface area contributed by atoms with E-state index in [-0.39, 0.29) is 44.1 Å². The molecule has 5 aromatic rings. The second-order valence-corrected chi connectivity index (χ2v) is 11.6. The summed E-state index contributed by atoms with van der Waals surface area (Å²) in [5.74, 6) is -1.71. The Labute approximate surface area is 244 Å². The van der Waals surface area contributed by atoms with Gasteiger partial charge in [0.2, 0.25) is 0 Å². The largest absolute Gasteiger partial charge is 0.433 e. The number of aromatic nitrogens is 4. The predicted octanol–water partition coefficient (Wildman–Crippen LogP) is 7.31. The smallest absolute Gasteiger partial charge is 0.365 e. The fourth-order valence-corrected chi connectivity index (χ4v) is 5.98. The highest BCUT2D eigenvalue weighted by molar-refractivity contribution is 7.21. The molecule has 4 heterocycles. The molecule has 0 saturated heterocycles. The highest BCUT2D eigenvalue weighted by atomic mass is 32.1. The number of nitrogens with two attached hydrogens (primary N) is 1. The molecule has 2 amide bonds. The summed E-state index contributed by atoms with van der Waals surface area (Å²) < 4.78 is 70.1.